The first kappa shape index (κ1) is 19.2. The summed E-state index contributed by atoms with van der Waals surface area (Å²) in [6.45, 7) is 2.32. The van der Waals surface area contributed by atoms with E-state index in [2.05, 4.69) is 40.9 Å². The number of hydrogen-bond donors (Lipinski definition) is 2. The van der Waals surface area contributed by atoms with E-state index in [9.17, 15) is 4.79 Å². The lowest BCUT2D eigenvalue weighted by Crippen LogP contribution is -2.23. The largest absolute Gasteiger partial charge is 0.378 e. The van der Waals surface area contributed by atoms with Gasteiger partial charge in [0.15, 0.2) is 17.5 Å². The van der Waals surface area contributed by atoms with Gasteiger partial charge in [0.25, 0.3) is 5.91 Å². The zero-order valence-electron chi connectivity index (χ0n) is 16.4. The summed E-state index contributed by atoms with van der Waals surface area (Å²) in [4.78, 5) is 24.6. The Labute approximate surface area is 171 Å². The van der Waals surface area contributed by atoms with E-state index in [1.54, 1.807) is 37.4 Å². The summed E-state index contributed by atoms with van der Waals surface area (Å²) in [5.74, 6) is 2.03. The Morgan fingerprint density at radius 1 is 1.20 bits per heavy atom. The molecule has 2 N–H and O–H groups in total. The van der Waals surface area contributed by atoms with Gasteiger partial charge < -0.3 is 19.7 Å². The number of carbonyl (C=O) groups excluding carboxylic acids is 1. The van der Waals surface area contributed by atoms with Crippen molar-refractivity contribution in [3.05, 3.63) is 66.0 Å². The Hall–Kier alpha value is -4.15. The van der Waals surface area contributed by atoms with Crippen molar-refractivity contribution in [2.75, 3.05) is 5.32 Å². The minimum absolute atomic E-state index is 0.193. The van der Waals surface area contributed by atoms with Gasteiger partial charge in [0, 0.05) is 31.4 Å². The van der Waals surface area contributed by atoms with E-state index in [4.69, 9.17) is 4.52 Å². The Kier molecular flexibility index (Phi) is 5.42. The molecule has 3 aromatic heterocycles. The number of amides is 1. The van der Waals surface area contributed by atoms with Gasteiger partial charge in [-0.05, 0) is 24.3 Å². The molecule has 3 heterocycles. The summed E-state index contributed by atoms with van der Waals surface area (Å²) in [5, 5.41) is 18.2. The summed E-state index contributed by atoms with van der Waals surface area (Å²) in [7, 11) is 1.87. The number of hydrogen-bond acceptors (Lipinski definition) is 9. The maximum absolute atomic E-state index is 12.4. The maximum Gasteiger partial charge on any atom is 0.251 e. The van der Waals surface area contributed by atoms with Crippen molar-refractivity contribution < 1.29 is 9.32 Å². The maximum atomic E-state index is 12.4. The monoisotopic (exact) mass is 405 g/mol. The van der Waals surface area contributed by atoms with Gasteiger partial charge in [0.2, 0.25) is 5.89 Å². The van der Waals surface area contributed by atoms with Crippen molar-refractivity contribution in [1.29, 1.82) is 0 Å². The summed E-state index contributed by atoms with van der Waals surface area (Å²) in [6, 6.07) is 8.95. The topological polar surface area (TPSA) is 137 Å². The quantitative estimate of drug-likeness (QED) is 0.468. The third kappa shape index (κ3) is 4.29. The van der Waals surface area contributed by atoms with Gasteiger partial charge in [-0.15, -0.1) is 10.2 Å². The van der Waals surface area contributed by atoms with Crippen LogP contribution < -0.4 is 10.6 Å². The lowest BCUT2D eigenvalue weighted by atomic mass is 10.2. The summed E-state index contributed by atoms with van der Waals surface area (Å²) in [5.41, 5.74) is 1.99. The smallest absolute Gasteiger partial charge is 0.251 e. The zero-order chi connectivity index (χ0) is 20.9. The van der Waals surface area contributed by atoms with Gasteiger partial charge in [-0.25, -0.2) is 9.97 Å². The third-order valence-corrected chi connectivity index (χ3v) is 4.33. The van der Waals surface area contributed by atoms with Crippen molar-refractivity contribution in [3.8, 4) is 11.5 Å². The molecule has 11 nitrogen and oxygen atoms in total. The molecule has 0 atom stereocenters. The number of aromatic nitrogens is 7. The molecule has 4 aromatic rings. The lowest BCUT2D eigenvalue weighted by molar-refractivity contribution is 0.0949. The van der Waals surface area contributed by atoms with Crippen LogP contribution in [-0.2, 0) is 20.1 Å². The number of nitrogens with zero attached hydrogens (tertiary/aromatic N) is 7. The SMILES string of the molecule is Cc1nc(CNC(=O)c2cccc(NCc3nnc(-c4ccncn4)n3C)c2)no1. The van der Waals surface area contributed by atoms with Crippen LogP contribution in [0.25, 0.3) is 11.5 Å². The van der Waals surface area contributed by atoms with E-state index in [0.29, 0.717) is 35.3 Å². The van der Waals surface area contributed by atoms with Gasteiger partial charge in [-0.1, -0.05) is 11.2 Å². The molecule has 0 saturated carbocycles. The van der Waals surface area contributed by atoms with Crippen LogP contribution in [0.15, 0.2) is 47.4 Å². The Bertz CT molecular complexity index is 1150. The molecule has 152 valence electrons. The van der Waals surface area contributed by atoms with E-state index in [1.807, 2.05) is 17.7 Å². The van der Waals surface area contributed by atoms with E-state index in [0.717, 1.165) is 11.5 Å². The summed E-state index contributed by atoms with van der Waals surface area (Å²) < 4.78 is 6.75. The zero-order valence-corrected chi connectivity index (χ0v) is 16.4. The first-order valence-corrected chi connectivity index (χ1v) is 9.16. The minimum Gasteiger partial charge on any atom is -0.378 e. The number of nitrogens with one attached hydrogen (secondary N) is 2. The van der Waals surface area contributed by atoms with E-state index in [1.165, 1.54) is 6.33 Å². The number of aryl methyl sites for hydroxylation is 1. The highest BCUT2D eigenvalue weighted by atomic mass is 16.5. The van der Waals surface area contributed by atoms with Gasteiger partial charge in [0.05, 0.1) is 13.1 Å². The second kappa shape index (κ2) is 8.47. The van der Waals surface area contributed by atoms with Crippen molar-refractivity contribution in [2.24, 2.45) is 7.05 Å². The van der Waals surface area contributed by atoms with Crippen LogP contribution >= 0.6 is 0 Å². The van der Waals surface area contributed by atoms with E-state index >= 15 is 0 Å². The Balaban J connectivity index is 1.39. The van der Waals surface area contributed by atoms with Crippen molar-refractivity contribution in [1.82, 2.24) is 40.2 Å². The Morgan fingerprint density at radius 2 is 2.10 bits per heavy atom. The van der Waals surface area contributed by atoms with Crippen LogP contribution in [0.3, 0.4) is 0 Å². The molecular formula is C19H19N9O2. The molecule has 0 fully saturated rings. The fourth-order valence-corrected chi connectivity index (χ4v) is 2.79. The molecule has 0 aliphatic rings. The van der Waals surface area contributed by atoms with Crippen LogP contribution in [0, 0.1) is 6.92 Å². The van der Waals surface area contributed by atoms with E-state index in [-0.39, 0.29) is 12.5 Å². The molecule has 0 saturated heterocycles. The standard InChI is InChI=1S/C19H19N9O2/c1-12-24-16(27-30-12)9-22-19(29)13-4-3-5-14(8-13)21-10-17-25-26-18(28(17)2)15-6-7-20-11-23-15/h3-8,11,21H,9-10H2,1-2H3,(H,22,29). The van der Waals surface area contributed by atoms with Crippen LogP contribution in [-0.4, -0.2) is 40.8 Å². The molecule has 0 aliphatic carbocycles. The molecular weight excluding hydrogens is 386 g/mol. The summed E-state index contributed by atoms with van der Waals surface area (Å²) in [6.07, 6.45) is 3.13. The molecule has 0 radical (unpaired) electrons. The minimum atomic E-state index is -0.231. The van der Waals surface area contributed by atoms with Gasteiger partial charge >= 0.3 is 0 Å². The molecule has 4 rings (SSSR count). The number of carbonyl (C=O) groups is 1. The molecule has 0 spiro atoms. The highest BCUT2D eigenvalue weighted by molar-refractivity contribution is 5.95. The van der Waals surface area contributed by atoms with Crippen LogP contribution in [0.4, 0.5) is 5.69 Å². The Morgan fingerprint density at radius 3 is 2.87 bits per heavy atom. The summed E-state index contributed by atoms with van der Waals surface area (Å²) >= 11 is 0. The van der Waals surface area contributed by atoms with Crippen LogP contribution in [0.5, 0.6) is 0 Å². The molecule has 0 unspecified atom stereocenters. The second-order valence-corrected chi connectivity index (χ2v) is 6.44. The van der Waals surface area contributed by atoms with Gasteiger partial charge in [-0.3, -0.25) is 4.79 Å². The lowest BCUT2D eigenvalue weighted by Gasteiger charge is -2.09. The molecule has 30 heavy (non-hydrogen) atoms. The first-order valence-electron chi connectivity index (χ1n) is 9.16. The molecule has 1 aromatic carbocycles. The highest BCUT2D eigenvalue weighted by Gasteiger charge is 2.12. The number of anilines is 1. The van der Waals surface area contributed by atoms with Gasteiger partial charge in [0.1, 0.15) is 12.0 Å². The molecule has 0 aliphatic heterocycles. The van der Waals surface area contributed by atoms with Crippen molar-refractivity contribution in [3.63, 3.8) is 0 Å². The van der Waals surface area contributed by atoms with Gasteiger partial charge in [-0.2, -0.15) is 4.98 Å². The average molecular weight is 405 g/mol. The molecule has 0 bridgehead atoms. The fourth-order valence-electron chi connectivity index (χ4n) is 2.79. The first-order chi connectivity index (χ1) is 14.6. The predicted octanol–water partition coefficient (Wildman–Crippen LogP) is 1.51. The van der Waals surface area contributed by atoms with Crippen LogP contribution in [0.2, 0.25) is 0 Å². The average Bonchev–Trinajstić information content (AvgIpc) is 3.36. The molecule has 11 heteroatoms. The van der Waals surface area contributed by atoms with Crippen LogP contribution in [0.1, 0.15) is 27.9 Å². The third-order valence-electron chi connectivity index (χ3n) is 4.33. The fraction of sp³-hybridized carbons (Fsp3) is 0.211. The highest BCUT2D eigenvalue weighted by Crippen LogP contribution is 2.15. The van der Waals surface area contributed by atoms with E-state index < -0.39 is 0 Å². The second-order valence-electron chi connectivity index (χ2n) is 6.44. The normalized spacial score (nSPS) is 10.7. The predicted molar refractivity (Wildman–Crippen MR) is 106 cm³/mol. The number of rotatable bonds is 7. The van der Waals surface area contributed by atoms with Crippen molar-refractivity contribution in [2.45, 2.75) is 20.0 Å². The molecule has 1 amide bonds. The number of benzene rings is 1. The van der Waals surface area contributed by atoms with Crippen molar-refractivity contribution >= 4 is 11.6 Å².